The van der Waals surface area contributed by atoms with Gasteiger partial charge < -0.3 is 28.8 Å². The second kappa shape index (κ2) is 16.5. The summed E-state index contributed by atoms with van der Waals surface area (Å²) in [4.78, 5) is 0. The van der Waals surface area contributed by atoms with Crippen molar-refractivity contribution in [2.45, 2.75) is 62.7 Å². The molecule has 0 unspecified atom stereocenters. The van der Waals surface area contributed by atoms with Crippen molar-refractivity contribution in [2.75, 3.05) is 20.3 Å². The third kappa shape index (κ3) is 8.83. The predicted octanol–water partition coefficient (Wildman–Crippen LogP) is 6.32. The lowest BCUT2D eigenvalue weighted by Gasteiger charge is -2.47. The van der Waals surface area contributed by atoms with Crippen molar-refractivity contribution in [2.24, 2.45) is 0 Å². The average Bonchev–Trinajstić information content (AvgIpc) is 3.06. The highest BCUT2D eigenvalue weighted by Crippen LogP contribution is 2.37. The lowest BCUT2D eigenvalue weighted by Crippen LogP contribution is -2.61. The largest absolute Gasteiger partial charge is 0.388 e. The average molecular weight is 583 g/mol. The molecule has 0 amide bonds. The molecule has 0 aromatic heterocycles. The van der Waals surface area contributed by atoms with E-state index >= 15 is 0 Å². The summed E-state index contributed by atoms with van der Waals surface area (Å²) in [5.41, 5.74) is 4.22. The number of hydrogen-bond acceptors (Lipinski definition) is 6. The molecule has 1 fully saturated rings. The molecule has 6 heteroatoms. The molecular formula is C37H42O6. The number of rotatable bonds is 15. The fourth-order valence-electron chi connectivity index (χ4n) is 5.68. The zero-order valence-corrected chi connectivity index (χ0v) is 24.7. The first kappa shape index (κ1) is 31.1. The van der Waals surface area contributed by atoms with Crippen molar-refractivity contribution in [3.8, 4) is 0 Å². The van der Waals surface area contributed by atoms with Crippen molar-refractivity contribution in [3.63, 3.8) is 0 Å². The summed E-state index contributed by atoms with van der Waals surface area (Å²) in [6.07, 6.45) is -2.51. The van der Waals surface area contributed by atoms with E-state index in [2.05, 4.69) is 12.1 Å². The Kier molecular flexibility index (Phi) is 11.9. The van der Waals surface area contributed by atoms with Crippen LogP contribution in [0.3, 0.4) is 0 Å². The van der Waals surface area contributed by atoms with Gasteiger partial charge in [0.15, 0.2) is 0 Å². The van der Waals surface area contributed by atoms with Crippen molar-refractivity contribution in [3.05, 3.63) is 144 Å². The summed E-state index contributed by atoms with van der Waals surface area (Å²) in [5, 5.41) is 12.0. The molecule has 4 aromatic carbocycles. The van der Waals surface area contributed by atoms with E-state index in [1.165, 1.54) is 0 Å². The van der Waals surface area contributed by atoms with E-state index < -0.39 is 30.5 Å². The van der Waals surface area contributed by atoms with Crippen LogP contribution in [-0.4, -0.2) is 55.9 Å². The molecular weight excluding hydrogens is 540 g/mol. The number of ether oxygens (including phenoxy) is 5. The van der Waals surface area contributed by atoms with Crippen LogP contribution in [0.5, 0.6) is 0 Å². The van der Waals surface area contributed by atoms with Crippen molar-refractivity contribution >= 4 is 0 Å². The number of aliphatic hydroxyl groups excluding tert-OH is 1. The second-order valence-electron chi connectivity index (χ2n) is 11.0. The fourth-order valence-corrected chi connectivity index (χ4v) is 5.68. The Morgan fingerprint density at radius 3 is 1.67 bits per heavy atom. The van der Waals surface area contributed by atoms with E-state index in [1.54, 1.807) is 7.11 Å². The Balaban J connectivity index is 1.44. The maximum Gasteiger partial charge on any atom is 0.115 e. The van der Waals surface area contributed by atoms with Gasteiger partial charge in [-0.25, -0.2) is 0 Å². The molecule has 1 heterocycles. The highest BCUT2D eigenvalue weighted by molar-refractivity contribution is 5.23. The van der Waals surface area contributed by atoms with Gasteiger partial charge in [-0.05, 0) is 28.7 Å². The molecule has 1 aliphatic heterocycles. The third-order valence-corrected chi connectivity index (χ3v) is 7.92. The molecule has 1 N–H and O–H groups in total. The summed E-state index contributed by atoms with van der Waals surface area (Å²) in [5.74, 6) is -0.120. The molecule has 1 aliphatic rings. The van der Waals surface area contributed by atoms with Gasteiger partial charge in [-0.2, -0.15) is 0 Å². The molecule has 226 valence electrons. The SMILES string of the molecule is COCC[C@H](c1ccccc1)[C@@H]1O[C@H](COCc2ccccc2)[C@@H](OCc2ccccc2)[C@H](OCc2ccccc2)[C@H]1O. The lowest BCUT2D eigenvalue weighted by atomic mass is 9.82. The monoisotopic (exact) mass is 582 g/mol. The minimum atomic E-state index is -0.947. The Labute approximate surface area is 255 Å². The second-order valence-corrected chi connectivity index (χ2v) is 11.0. The molecule has 4 aromatic rings. The smallest absolute Gasteiger partial charge is 0.115 e. The highest BCUT2D eigenvalue weighted by Gasteiger charge is 2.49. The Morgan fingerprint density at radius 2 is 1.14 bits per heavy atom. The molecule has 43 heavy (non-hydrogen) atoms. The predicted molar refractivity (Wildman–Crippen MR) is 166 cm³/mol. The Hall–Kier alpha value is -3.36. The maximum atomic E-state index is 12.0. The summed E-state index contributed by atoms with van der Waals surface area (Å²) in [6.45, 7) is 1.96. The van der Waals surface area contributed by atoms with Crippen LogP contribution in [-0.2, 0) is 43.5 Å². The van der Waals surface area contributed by atoms with Crippen LogP contribution >= 0.6 is 0 Å². The molecule has 6 atom stereocenters. The molecule has 1 saturated heterocycles. The van der Waals surface area contributed by atoms with Gasteiger partial charge in [-0.15, -0.1) is 0 Å². The van der Waals surface area contributed by atoms with Crippen molar-refractivity contribution in [1.82, 2.24) is 0 Å². The Morgan fingerprint density at radius 1 is 0.651 bits per heavy atom. The molecule has 0 radical (unpaired) electrons. The van der Waals surface area contributed by atoms with Crippen LogP contribution in [0.2, 0.25) is 0 Å². The summed E-state index contributed by atoms with van der Waals surface area (Å²) in [6, 6.07) is 40.3. The van der Waals surface area contributed by atoms with Crippen LogP contribution in [0, 0.1) is 0 Å². The number of methoxy groups -OCH3 is 1. The number of hydrogen-bond donors (Lipinski definition) is 1. The summed E-state index contributed by atoms with van der Waals surface area (Å²) < 4.78 is 31.6. The summed E-state index contributed by atoms with van der Waals surface area (Å²) >= 11 is 0. The van der Waals surface area contributed by atoms with Crippen LogP contribution < -0.4 is 0 Å². The van der Waals surface area contributed by atoms with Crippen molar-refractivity contribution < 1.29 is 28.8 Å². The molecule has 0 bridgehead atoms. The van der Waals surface area contributed by atoms with E-state index in [-0.39, 0.29) is 12.5 Å². The van der Waals surface area contributed by atoms with Gasteiger partial charge in [-0.1, -0.05) is 121 Å². The van der Waals surface area contributed by atoms with Gasteiger partial charge in [-0.3, -0.25) is 0 Å². The van der Waals surface area contributed by atoms with Gasteiger partial charge in [0.1, 0.15) is 24.4 Å². The molecule has 6 nitrogen and oxygen atoms in total. The van der Waals surface area contributed by atoms with Gasteiger partial charge in [0.25, 0.3) is 0 Å². The molecule has 0 aliphatic carbocycles. The fraction of sp³-hybridized carbons (Fsp3) is 0.351. The quantitative estimate of drug-likeness (QED) is 0.177. The third-order valence-electron chi connectivity index (χ3n) is 7.92. The van der Waals surface area contributed by atoms with Crippen LogP contribution in [0.15, 0.2) is 121 Å². The summed E-state index contributed by atoms with van der Waals surface area (Å²) in [7, 11) is 1.69. The van der Waals surface area contributed by atoms with Crippen molar-refractivity contribution in [1.29, 1.82) is 0 Å². The van der Waals surface area contributed by atoms with Gasteiger partial charge >= 0.3 is 0 Å². The molecule has 5 rings (SSSR count). The molecule has 0 saturated carbocycles. The highest BCUT2D eigenvalue weighted by atomic mass is 16.6. The van der Waals surface area contributed by atoms with E-state index in [0.717, 1.165) is 22.3 Å². The standard InChI is InChI=1S/C37H42O6/c1-39-23-22-32(31-20-12-5-13-21-31)35-34(38)37(42-26-30-18-10-4-11-19-30)36(41-25-29-16-8-3-9-17-29)33(43-35)27-40-24-28-14-6-2-7-15-28/h2-21,32-38H,22-27H2,1H3/t32-,33-,34+,35+,36-,37-/m1/s1. The zero-order chi connectivity index (χ0) is 29.7. The van der Waals surface area contributed by atoms with E-state index in [9.17, 15) is 5.11 Å². The first-order valence-electron chi connectivity index (χ1n) is 15.0. The van der Waals surface area contributed by atoms with E-state index in [0.29, 0.717) is 32.8 Å². The normalized spacial score (nSPS) is 22.7. The first-order valence-corrected chi connectivity index (χ1v) is 15.0. The Bertz CT molecular complexity index is 1300. The van der Waals surface area contributed by atoms with Crippen LogP contribution in [0.4, 0.5) is 0 Å². The number of aliphatic hydroxyl groups is 1. The van der Waals surface area contributed by atoms with Gasteiger partial charge in [0.2, 0.25) is 0 Å². The van der Waals surface area contributed by atoms with Crippen LogP contribution in [0.25, 0.3) is 0 Å². The lowest BCUT2D eigenvalue weighted by molar-refractivity contribution is -0.265. The minimum absolute atomic E-state index is 0.120. The molecule has 0 spiro atoms. The zero-order valence-electron chi connectivity index (χ0n) is 24.7. The van der Waals surface area contributed by atoms with Gasteiger partial charge in [0, 0.05) is 19.6 Å². The van der Waals surface area contributed by atoms with E-state index in [4.69, 9.17) is 23.7 Å². The minimum Gasteiger partial charge on any atom is -0.388 e. The van der Waals surface area contributed by atoms with E-state index in [1.807, 2.05) is 109 Å². The number of benzene rings is 4. The van der Waals surface area contributed by atoms with Gasteiger partial charge in [0.05, 0.1) is 32.5 Å². The topological polar surface area (TPSA) is 66.4 Å². The maximum absolute atomic E-state index is 12.0. The van der Waals surface area contributed by atoms with Crippen LogP contribution in [0.1, 0.15) is 34.6 Å². The first-order chi connectivity index (χ1) is 21.2.